The fourth-order valence-electron chi connectivity index (χ4n) is 2.96. The summed E-state index contributed by atoms with van der Waals surface area (Å²) in [6, 6.07) is 18.6. The smallest absolute Gasteiger partial charge is 0.264 e. The molecule has 1 N–H and O–H groups in total. The fourth-order valence-corrected chi connectivity index (χ4v) is 4.96. The largest absolute Gasteiger partial charge is 0.324 e. The summed E-state index contributed by atoms with van der Waals surface area (Å²) in [5.74, 6) is -0.436. The lowest BCUT2D eigenvalue weighted by molar-refractivity contribution is -0.114. The molecule has 0 aromatic heterocycles. The van der Waals surface area contributed by atoms with E-state index in [0.717, 1.165) is 20.3 Å². The summed E-state index contributed by atoms with van der Waals surface area (Å²) in [5, 5.41) is 3.23. The third kappa shape index (κ3) is 5.61. The summed E-state index contributed by atoms with van der Waals surface area (Å²) in [5.41, 5.74) is 3.00. The van der Waals surface area contributed by atoms with Crippen molar-refractivity contribution < 1.29 is 13.2 Å². The van der Waals surface area contributed by atoms with E-state index in [9.17, 15) is 13.2 Å². The number of thioether (sulfide) groups is 1. The van der Waals surface area contributed by atoms with Gasteiger partial charge in [0.05, 0.1) is 10.6 Å². The van der Waals surface area contributed by atoms with Crippen molar-refractivity contribution in [3.8, 4) is 0 Å². The number of sulfonamides is 1. The van der Waals surface area contributed by atoms with Gasteiger partial charge in [-0.15, -0.1) is 11.8 Å². The highest BCUT2D eigenvalue weighted by atomic mass is 35.5. The summed E-state index contributed by atoms with van der Waals surface area (Å²) >= 11 is 7.48. The van der Waals surface area contributed by atoms with Crippen LogP contribution in [0, 0.1) is 13.8 Å². The van der Waals surface area contributed by atoms with Crippen LogP contribution in [-0.2, 0) is 14.8 Å². The van der Waals surface area contributed by atoms with Crippen molar-refractivity contribution in [3.63, 3.8) is 0 Å². The van der Waals surface area contributed by atoms with Gasteiger partial charge >= 0.3 is 0 Å². The highest BCUT2D eigenvalue weighted by Crippen LogP contribution is 2.27. The Morgan fingerprint density at radius 1 is 1.00 bits per heavy atom. The number of hydrogen-bond acceptors (Lipinski definition) is 4. The molecule has 0 bridgehead atoms. The number of halogens is 1. The van der Waals surface area contributed by atoms with Crippen LogP contribution >= 0.6 is 23.4 Å². The Morgan fingerprint density at radius 3 is 2.35 bits per heavy atom. The third-order valence-corrected chi connectivity index (χ3v) is 7.59. The molecule has 0 saturated carbocycles. The van der Waals surface area contributed by atoms with Crippen LogP contribution in [0.3, 0.4) is 0 Å². The van der Waals surface area contributed by atoms with Crippen molar-refractivity contribution in [2.24, 2.45) is 0 Å². The van der Waals surface area contributed by atoms with Gasteiger partial charge in [-0.05, 0) is 85.8 Å². The number of anilines is 2. The number of nitrogens with one attached hydrogen (secondary N) is 1. The molecule has 0 aliphatic carbocycles. The minimum absolute atomic E-state index is 0.0623. The molecule has 3 rings (SSSR count). The standard InChI is InChI=1S/C23H23ClN2O3S2/c1-16-7-10-20(13-17(16)2)26(31(28,29)22-11-8-18(24)9-12-22)15-23(27)25-19-5-4-6-21(14-19)30-3/h4-14H,15H2,1-3H3,(H,25,27). The van der Waals surface area contributed by atoms with Crippen molar-refractivity contribution in [2.75, 3.05) is 22.4 Å². The first-order chi connectivity index (χ1) is 14.7. The monoisotopic (exact) mass is 474 g/mol. The van der Waals surface area contributed by atoms with Gasteiger partial charge in [-0.1, -0.05) is 23.7 Å². The van der Waals surface area contributed by atoms with Gasteiger partial charge in [-0.25, -0.2) is 8.42 Å². The lowest BCUT2D eigenvalue weighted by Crippen LogP contribution is -2.38. The first-order valence-electron chi connectivity index (χ1n) is 9.50. The van der Waals surface area contributed by atoms with Crippen LogP contribution in [0.1, 0.15) is 11.1 Å². The first-order valence-corrected chi connectivity index (χ1v) is 12.5. The summed E-state index contributed by atoms with van der Waals surface area (Å²) in [6.45, 7) is 3.49. The van der Waals surface area contributed by atoms with Gasteiger partial charge in [0.1, 0.15) is 6.54 Å². The fraction of sp³-hybridized carbons (Fsp3) is 0.174. The predicted molar refractivity (Wildman–Crippen MR) is 129 cm³/mol. The molecule has 31 heavy (non-hydrogen) atoms. The van der Waals surface area contributed by atoms with Gasteiger partial charge in [0, 0.05) is 15.6 Å². The molecule has 0 radical (unpaired) electrons. The van der Waals surface area contributed by atoms with Crippen LogP contribution in [0.4, 0.5) is 11.4 Å². The van der Waals surface area contributed by atoms with E-state index in [1.54, 1.807) is 30.0 Å². The Balaban J connectivity index is 1.96. The van der Waals surface area contributed by atoms with E-state index < -0.39 is 15.9 Å². The van der Waals surface area contributed by atoms with E-state index in [1.165, 1.54) is 24.3 Å². The molecule has 0 atom stereocenters. The average molecular weight is 475 g/mol. The van der Waals surface area contributed by atoms with Crippen molar-refractivity contribution in [2.45, 2.75) is 23.6 Å². The normalized spacial score (nSPS) is 11.2. The van der Waals surface area contributed by atoms with Gasteiger partial charge in [-0.3, -0.25) is 9.10 Å². The Kier molecular flexibility index (Phi) is 7.30. The number of amides is 1. The maximum Gasteiger partial charge on any atom is 0.264 e. The summed E-state index contributed by atoms with van der Waals surface area (Å²) < 4.78 is 28.0. The number of hydrogen-bond donors (Lipinski definition) is 1. The first kappa shape index (κ1) is 23.2. The van der Waals surface area contributed by atoms with Gasteiger partial charge in [0.2, 0.25) is 5.91 Å². The van der Waals surface area contributed by atoms with E-state index >= 15 is 0 Å². The van der Waals surface area contributed by atoms with Crippen LogP contribution < -0.4 is 9.62 Å². The maximum absolute atomic E-state index is 13.4. The number of benzene rings is 3. The molecule has 0 fully saturated rings. The number of aryl methyl sites for hydroxylation is 2. The molecule has 8 heteroatoms. The molecular weight excluding hydrogens is 452 g/mol. The highest BCUT2D eigenvalue weighted by Gasteiger charge is 2.27. The molecule has 0 saturated heterocycles. The molecule has 0 aliphatic rings. The topological polar surface area (TPSA) is 66.5 Å². The van der Waals surface area contributed by atoms with E-state index in [1.807, 2.05) is 44.4 Å². The van der Waals surface area contributed by atoms with Crippen LogP contribution in [0.5, 0.6) is 0 Å². The number of carbonyl (C=O) groups excluding carboxylic acids is 1. The Morgan fingerprint density at radius 2 is 1.71 bits per heavy atom. The molecule has 1 amide bonds. The zero-order chi connectivity index (χ0) is 22.6. The average Bonchev–Trinajstić information content (AvgIpc) is 2.74. The van der Waals surface area contributed by atoms with Gasteiger partial charge in [0.25, 0.3) is 10.0 Å². The minimum Gasteiger partial charge on any atom is -0.324 e. The predicted octanol–water partition coefficient (Wildman–Crippen LogP) is 5.51. The van der Waals surface area contributed by atoms with Gasteiger partial charge < -0.3 is 5.32 Å². The molecule has 0 aliphatic heterocycles. The second-order valence-corrected chi connectivity index (χ2v) is 10.2. The molecule has 3 aromatic rings. The second kappa shape index (κ2) is 9.77. The van der Waals surface area contributed by atoms with E-state index in [0.29, 0.717) is 16.4 Å². The van der Waals surface area contributed by atoms with Gasteiger partial charge in [0.15, 0.2) is 0 Å². The van der Waals surface area contributed by atoms with Crippen LogP contribution in [0.25, 0.3) is 0 Å². The maximum atomic E-state index is 13.4. The molecule has 0 spiro atoms. The SMILES string of the molecule is CSc1cccc(NC(=O)CN(c2ccc(C)c(C)c2)S(=O)(=O)c2ccc(Cl)cc2)c1. The Hall–Kier alpha value is -2.48. The Labute approximate surface area is 192 Å². The van der Waals surface area contributed by atoms with Crippen molar-refractivity contribution in [1.82, 2.24) is 0 Å². The molecule has 0 heterocycles. The molecule has 162 valence electrons. The molecule has 5 nitrogen and oxygen atoms in total. The lowest BCUT2D eigenvalue weighted by Gasteiger charge is -2.25. The molecule has 0 unspecified atom stereocenters. The summed E-state index contributed by atoms with van der Waals surface area (Å²) in [6.07, 6.45) is 1.95. The molecule has 3 aromatic carbocycles. The zero-order valence-electron chi connectivity index (χ0n) is 17.4. The third-order valence-electron chi connectivity index (χ3n) is 4.82. The number of nitrogens with zero attached hydrogens (tertiary/aromatic N) is 1. The Bertz CT molecular complexity index is 1200. The second-order valence-electron chi connectivity index (χ2n) is 7.01. The summed E-state index contributed by atoms with van der Waals surface area (Å²) in [7, 11) is -3.99. The number of rotatable bonds is 7. The van der Waals surface area contributed by atoms with E-state index in [-0.39, 0.29) is 11.4 Å². The van der Waals surface area contributed by atoms with Crippen LogP contribution in [0.2, 0.25) is 5.02 Å². The lowest BCUT2D eigenvalue weighted by atomic mass is 10.1. The molecular formula is C23H23ClN2O3S2. The summed E-state index contributed by atoms with van der Waals surface area (Å²) in [4.78, 5) is 13.9. The zero-order valence-corrected chi connectivity index (χ0v) is 19.8. The van der Waals surface area contributed by atoms with E-state index in [4.69, 9.17) is 11.6 Å². The van der Waals surface area contributed by atoms with Crippen molar-refractivity contribution in [1.29, 1.82) is 0 Å². The van der Waals surface area contributed by atoms with E-state index in [2.05, 4.69) is 5.32 Å². The van der Waals surface area contributed by atoms with Crippen LogP contribution in [0.15, 0.2) is 76.5 Å². The van der Waals surface area contributed by atoms with Crippen LogP contribution in [-0.4, -0.2) is 27.1 Å². The minimum atomic E-state index is -3.99. The number of carbonyl (C=O) groups is 1. The highest BCUT2D eigenvalue weighted by molar-refractivity contribution is 7.98. The van der Waals surface area contributed by atoms with Crippen molar-refractivity contribution in [3.05, 3.63) is 82.9 Å². The van der Waals surface area contributed by atoms with Crippen molar-refractivity contribution >= 4 is 50.7 Å². The quantitative estimate of drug-likeness (QED) is 0.458. The van der Waals surface area contributed by atoms with Gasteiger partial charge in [-0.2, -0.15) is 0 Å².